The lowest BCUT2D eigenvalue weighted by Crippen LogP contribution is -2.40. The molecule has 0 aromatic rings. The highest BCUT2D eigenvalue weighted by molar-refractivity contribution is 5.13. The summed E-state index contributed by atoms with van der Waals surface area (Å²) in [5, 5.41) is 0. The lowest BCUT2D eigenvalue weighted by Gasteiger charge is -2.29. The van der Waals surface area contributed by atoms with Crippen LogP contribution in [0.5, 0.6) is 0 Å². The van der Waals surface area contributed by atoms with Crippen LogP contribution < -0.4 is 0 Å². The highest BCUT2D eigenvalue weighted by atomic mass is 16.5. The zero-order valence-corrected chi connectivity index (χ0v) is 9.87. The highest BCUT2D eigenvalue weighted by Gasteiger charge is 2.67. The number of likely N-dealkylation sites (tertiary alicyclic amines) is 1. The average Bonchev–Trinajstić information content (AvgIpc) is 2.66. The fraction of sp³-hybridized carbons (Fsp3) is 1.00. The van der Waals surface area contributed by atoms with Crippen molar-refractivity contribution in [3.8, 4) is 0 Å². The van der Waals surface area contributed by atoms with Crippen LogP contribution in [0.4, 0.5) is 0 Å². The van der Waals surface area contributed by atoms with Gasteiger partial charge in [-0.05, 0) is 25.7 Å². The maximum absolute atomic E-state index is 5.96. The van der Waals surface area contributed by atoms with Gasteiger partial charge >= 0.3 is 0 Å². The van der Waals surface area contributed by atoms with Crippen LogP contribution in [0.1, 0.15) is 44.9 Å². The topological polar surface area (TPSA) is 12.5 Å². The first-order valence-corrected chi connectivity index (χ1v) is 6.70. The number of hydrogen-bond donors (Lipinski definition) is 0. The Morgan fingerprint density at radius 3 is 2.07 bits per heavy atom. The molecule has 0 spiro atoms. The molecular weight excluding hydrogens is 186 g/mol. The molecule has 3 rings (SSSR count). The standard InChI is InChI=1S/C13H23NO/c1-15-13(14-9-5-6-10-14)11-7-3-2-4-8-12(11)13/h11-12H,2-10H2,1H3. The highest BCUT2D eigenvalue weighted by Crippen LogP contribution is 2.61. The third-order valence-corrected chi connectivity index (χ3v) is 4.90. The predicted molar refractivity (Wildman–Crippen MR) is 60.6 cm³/mol. The Morgan fingerprint density at radius 2 is 1.53 bits per heavy atom. The van der Waals surface area contributed by atoms with E-state index in [0.717, 1.165) is 11.8 Å². The van der Waals surface area contributed by atoms with Gasteiger partial charge in [0, 0.05) is 32.0 Å². The number of methoxy groups -OCH3 is 1. The second-order valence-corrected chi connectivity index (χ2v) is 5.50. The second kappa shape index (κ2) is 3.74. The van der Waals surface area contributed by atoms with Gasteiger partial charge in [0.05, 0.1) is 0 Å². The minimum Gasteiger partial charge on any atom is -0.363 e. The monoisotopic (exact) mass is 209 g/mol. The number of ether oxygens (including phenoxy) is 1. The molecule has 2 saturated carbocycles. The fourth-order valence-corrected chi connectivity index (χ4v) is 4.18. The maximum atomic E-state index is 5.96. The predicted octanol–water partition coefficient (Wildman–Crippen LogP) is 2.64. The van der Waals surface area contributed by atoms with Gasteiger partial charge < -0.3 is 4.74 Å². The number of hydrogen-bond acceptors (Lipinski definition) is 2. The summed E-state index contributed by atoms with van der Waals surface area (Å²) >= 11 is 0. The largest absolute Gasteiger partial charge is 0.363 e. The van der Waals surface area contributed by atoms with E-state index in [1.165, 1.54) is 58.0 Å². The molecule has 3 aliphatic rings. The summed E-state index contributed by atoms with van der Waals surface area (Å²) in [5.41, 5.74) is 0.191. The van der Waals surface area contributed by atoms with E-state index in [2.05, 4.69) is 4.90 Å². The van der Waals surface area contributed by atoms with Crippen LogP contribution in [0.25, 0.3) is 0 Å². The van der Waals surface area contributed by atoms with Gasteiger partial charge in [0.15, 0.2) is 0 Å². The van der Waals surface area contributed by atoms with E-state index in [9.17, 15) is 0 Å². The normalized spacial score (nSPS) is 46.2. The Morgan fingerprint density at radius 1 is 0.933 bits per heavy atom. The Balaban J connectivity index is 1.76. The third-order valence-electron chi connectivity index (χ3n) is 4.90. The molecule has 0 bridgehead atoms. The molecule has 1 saturated heterocycles. The average molecular weight is 209 g/mol. The van der Waals surface area contributed by atoms with Crippen molar-refractivity contribution in [1.82, 2.24) is 4.90 Å². The van der Waals surface area contributed by atoms with Crippen molar-refractivity contribution >= 4 is 0 Å². The minimum absolute atomic E-state index is 0.191. The molecule has 0 N–H and O–H groups in total. The van der Waals surface area contributed by atoms with Crippen LogP contribution in [0.15, 0.2) is 0 Å². The van der Waals surface area contributed by atoms with E-state index in [-0.39, 0.29) is 5.72 Å². The number of rotatable bonds is 2. The minimum atomic E-state index is 0.191. The number of fused-ring (bicyclic) bond motifs is 1. The van der Waals surface area contributed by atoms with E-state index in [1.54, 1.807) is 0 Å². The van der Waals surface area contributed by atoms with Gasteiger partial charge in [0.25, 0.3) is 0 Å². The maximum Gasteiger partial charge on any atom is 0.127 e. The fourth-order valence-electron chi connectivity index (χ4n) is 4.18. The van der Waals surface area contributed by atoms with Crippen molar-refractivity contribution < 1.29 is 4.74 Å². The SMILES string of the molecule is COC1(N2CCCC2)C2CCCCCC21. The second-order valence-electron chi connectivity index (χ2n) is 5.50. The van der Waals surface area contributed by atoms with E-state index in [4.69, 9.17) is 4.74 Å². The summed E-state index contributed by atoms with van der Waals surface area (Å²) < 4.78 is 5.96. The summed E-state index contributed by atoms with van der Waals surface area (Å²) in [5.74, 6) is 1.73. The van der Waals surface area contributed by atoms with E-state index in [0.29, 0.717) is 0 Å². The molecule has 3 fully saturated rings. The molecule has 2 nitrogen and oxygen atoms in total. The van der Waals surface area contributed by atoms with Crippen LogP contribution >= 0.6 is 0 Å². The van der Waals surface area contributed by atoms with Crippen LogP contribution in [0, 0.1) is 11.8 Å². The van der Waals surface area contributed by atoms with Crippen molar-refractivity contribution in [3.05, 3.63) is 0 Å². The molecule has 15 heavy (non-hydrogen) atoms. The van der Waals surface area contributed by atoms with E-state index < -0.39 is 0 Å². The van der Waals surface area contributed by atoms with Gasteiger partial charge in [-0.3, -0.25) is 4.90 Å². The molecule has 0 aromatic heterocycles. The first-order chi connectivity index (χ1) is 7.39. The molecule has 0 amide bonds. The Hall–Kier alpha value is -0.0800. The van der Waals surface area contributed by atoms with Crippen LogP contribution in [0.2, 0.25) is 0 Å². The Bertz CT molecular complexity index is 223. The van der Waals surface area contributed by atoms with Crippen molar-refractivity contribution in [2.45, 2.75) is 50.7 Å². The summed E-state index contributed by atoms with van der Waals surface area (Å²) in [7, 11) is 1.94. The van der Waals surface area contributed by atoms with E-state index in [1.807, 2.05) is 7.11 Å². The first-order valence-electron chi connectivity index (χ1n) is 6.70. The molecule has 1 heterocycles. The molecule has 2 heteroatoms. The molecular formula is C13H23NO. The summed E-state index contributed by atoms with van der Waals surface area (Å²) in [6.07, 6.45) is 9.89. The van der Waals surface area contributed by atoms with E-state index >= 15 is 0 Å². The van der Waals surface area contributed by atoms with Gasteiger partial charge in [-0.15, -0.1) is 0 Å². The number of nitrogens with zero attached hydrogens (tertiary/aromatic N) is 1. The Labute approximate surface area is 93.0 Å². The first kappa shape index (κ1) is 10.1. The van der Waals surface area contributed by atoms with Gasteiger partial charge in [-0.25, -0.2) is 0 Å². The summed E-state index contributed by atoms with van der Waals surface area (Å²) in [6, 6.07) is 0. The molecule has 86 valence electrons. The molecule has 0 aromatic carbocycles. The summed E-state index contributed by atoms with van der Waals surface area (Å²) in [6.45, 7) is 2.56. The quantitative estimate of drug-likeness (QED) is 0.693. The van der Waals surface area contributed by atoms with Gasteiger partial charge in [0.1, 0.15) is 5.72 Å². The van der Waals surface area contributed by atoms with Crippen LogP contribution in [0.3, 0.4) is 0 Å². The van der Waals surface area contributed by atoms with Crippen molar-refractivity contribution in [1.29, 1.82) is 0 Å². The smallest absolute Gasteiger partial charge is 0.127 e. The van der Waals surface area contributed by atoms with Crippen molar-refractivity contribution in [2.24, 2.45) is 11.8 Å². The molecule has 2 unspecified atom stereocenters. The van der Waals surface area contributed by atoms with Gasteiger partial charge in [-0.2, -0.15) is 0 Å². The zero-order chi connectivity index (χ0) is 10.3. The summed E-state index contributed by atoms with van der Waals surface area (Å²) in [4.78, 5) is 2.65. The lowest BCUT2D eigenvalue weighted by molar-refractivity contribution is -0.0698. The Kier molecular flexibility index (Phi) is 2.52. The third kappa shape index (κ3) is 1.38. The van der Waals surface area contributed by atoms with Crippen molar-refractivity contribution in [2.75, 3.05) is 20.2 Å². The molecule has 2 aliphatic carbocycles. The van der Waals surface area contributed by atoms with Crippen molar-refractivity contribution in [3.63, 3.8) is 0 Å². The zero-order valence-electron chi connectivity index (χ0n) is 9.87. The van der Waals surface area contributed by atoms with Gasteiger partial charge in [0.2, 0.25) is 0 Å². The van der Waals surface area contributed by atoms with Crippen LogP contribution in [-0.2, 0) is 4.74 Å². The van der Waals surface area contributed by atoms with Gasteiger partial charge in [-0.1, -0.05) is 19.3 Å². The molecule has 1 aliphatic heterocycles. The van der Waals surface area contributed by atoms with Crippen LogP contribution in [-0.4, -0.2) is 30.8 Å². The molecule has 0 radical (unpaired) electrons. The lowest BCUT2D eigenvalue weighted by atomic mass is 10.1. The molecule has 2 atom stereocenters.